The van der Waals surface area contributed by atoms with Gasteiger partial charge < -0.3 is 10.1 Å². The number of aromatic nitrogens is 3. The van der Waals surface area contributed by atoms with Gasteiger partial charge in [0.15, 0.2) is 16.7 Å². The Bertz CT molecular complexity index is 506. The van der Waals surface area contributed by atoms with E-state index in [1.165, 1.54) is 6.33 Å². The molecule has 0 spiro atoms. The van der Waals surface area contributed by atoms with Gasteiger partial charge in [0, 0.05) is 24.0 Å². The van der Waals surface area contributed by atoms with Crippen molar-refractivity contribution >= 4 is 28.8 Å². The second-order valence-electron chi connectivity index (χ2n) is 3.70. The summed E-state index contributed by atoms with van der Waals surface area (Å²) in [5.41, 5.74) is 0. The standard InChI is InChI=1S/C11H13ClN4OS/c1-7(11-13-3-4-18-11)5-14-10-8(17-2)9(12)15-6-16-10/h3-4,6-7H,5H2,1-2H3,(H,14,15,16). The van der Waals surface area contributed by atoms with Crippen LogP contribution in [-0.2, 0) is 0 Å². The summed E-state index contributed by atoms with van der Waals surface area (Å²) in [5, 5.41) is 6.55. The highest BCUT2D eigenvalue weighted by molar-refractivity contribution is 7.09. The summed E-state index contributed by atoms with van der Waals surface area (Å²) < 4.78 is 5.17. The van der Waals surface area contributed by atoms with Gasteiger partial charge in [0.1, 0.15) is 6.33 Å². The van der Waals surface area contributed by atoms with E-state index in [-0.39, 0.29) is 0 Å². The summed E-state index contributed by atoms with van der Waals surface area (Å²) in [7, 11) is 1.54. The van der Waals surface area contributed by atoms with Crippen LogP contribution in [0.2, 0.25) is 5.15 Å². The molecule has 7 heteroatoms. The molecule has 0 amide bonds. The molecule has 0 aromatic carbocycles. The topological polar surface area (TPSA) is 59.9 Å². The van der Waals surface area contributed by atoms with Crippen molar-refractivity contribution in [2.24, 2.45) is 0 Å². The van der Waals surface area contributed by atoms with E-state index in [2.05, 4.69) is 27.2 Å². The number of hydrogen-bond acceptors (Lipinski definition) is 6. The van der Waals surface area contributed by atoms with Gasteiger partial charge in [-0.25, -0.2) is 15.0 Å². The van der Waals surface area contributed by atoms with E-state index < -0.39 is 0 Å². The minimum Gasteiger partial charge on any atom is -0.490 e. The Balaban J connectivity index is 2.04. The molecule has 2 aromatic heterocycles. The summed E-state index contributed by atoms with van der Waals surface area (Å²) in [6, 6.07) is 0. The van der Waals surface area contributed by atoms with Crippen LogP contribution >= 0.6 is 22.9 Å². The summed E-state index contributed by atoms with van der Waals surface area (Å²) >= 11 is 7.56. The van der Waals surface area contributed by atoms with E-state index >= 15 is 0 Å². The fraction of sp³-hybridized carbons (Fsp3) is 0.364. The van der Waals surface area contributed by atoms with Crippen molar-refractivity contribution in [2.45, 2.75) is 12.8 Å². The van der Waals surface area contributed by atoms with E-state index in [9.17, 15) is 0 Å². The van der Waals surface area contributed by atoms with E-state index in [0.717, 1.165) is 5.01 Å². The van der Waals surface area contributed by atoms with Gasteiger partial charge in [-0.2, -0.15) is 0 Å². The fourth-order valence-corrected chi connectivity index (χ4v) is 2.38. The largest absolute Gasteiger partial charge is 0.490 e. The second kappa shape index (κ2) is 5.97. The molecule has 2 aromatic rings. The van der Waals surface area contributed by atoms with Crippen LogP contribution in [0.5, 0.6) is 5.75 Å². The zero-order valence-corrected chi connectivity index (χ0v) is 11.6. The molecule has 0 saturated heterocycles. The molecule has 2 heterocycles. The normalized spacial score (nSPS) is 12.2. The van der Waals surface area contributed by atoms with Crippen molar-refractivity contribution in [3.63, 3.8) is 0 Å². The molecule has 1 atom stereocenters. The van der Waals surface area contributed by atoms with Crippen molar-refractivity contribution in [3.05, 3.63) is 28.1 Å². The maximum atomic E-state index is 5.92. The first kappa shape index (κ1) is 13.0. The summed E-state index contributed by atoms with van der Waals surface area (Å²) in [5.74, 6) is 1.36. The quantitative estimate of drug-likeness (QED) is 0.856. The highest BCUT2D eigenvalue weighted by Crippen LogP contribution is 2.29. The number of methoxy groups -OCH3 is 1. The molecule has 5 nitrogen and oxygen atoms in total. The lowest BCUT2D eigenvalue weighted by Gasteiger charge is -2.13. The van der Waals surface area contributed by atoms with Crippen molar-refractivity contribution in [1.29, 1.82) is 0 Å². The Hall–Kier alpha value is -1.40. The van der Waals surface area contributed by atoms with Crippen molar-refractivity contribution in [1.82, 2.24) is 15.0 Å². The zero-order valence-electron chi connectivity index (χ0n) is 10.1. The molecule has 18 heavy (non-hydrogen) atoms. The lowest BCUT2D eigenvalue weighted by atomic mass is 10.2. The third-order valence-corrected chi connectivity index (χ3v) is 3.69. The van der Waals surface area contributed by atoms with Crippen molar-refractivity contribution in [3.8, 4) is 5.75 Å². The van der Waals surface area contributed by atoms with E-state index in [1.54, 1.807) is 24.6 Å². The van der Waals surface area contributed by atoms with Crippen LogP contribution in [0.15, 0.2) is 17.9 Å². The van der Waals surface area contributed by atoms with Crippen LogP contribution in [0.4, 0.5) is 5.82 Å². The Kier molecular flexibility index (Phi) is 4.33. The SMILES string of the molecule is COc1c(Cl)ncnc1NCC(C)c1nccs1. The molecule has 0 saturated carbocycles. The molecule has 96 valence electrons. The highest BCUT2D eigenvalue weighted by atomic mass is 35.5. The first-order valence-corrected chi connectivity index (χ1v) is 6.66. The van der Waals surface area contributed by atoms with Crippen LogP contribution in [0.1, 0.15) is 17.8 Å². The summed E-state index contributed by atoms with van der Waals surface area (Å²) in [6.07, 6.45) is 3.21. The van der Waals surface area contributed by atoms with Crippen LogP contribution in [-0.4, -0.2) is 28.6 Å². The molecule has 2 rings (SSSR count). The summed E-state index contributed by atoms with van der Waals surface area (Å²) in [4.78, 5) is 12.3. The maximum Gasteiger partial charge on any atom is 0.198 e. The summed E-state index contributed by atoms with van der Waals surface area (Å²) in [6.45, 7) is 2.80. The van der Waals surface area contributed by atoms with Crippen molar-refractivity contribution in [2.75, 3.05) is 19.0 Å². The van der Waals surface area contributed by atoms with E-state index in [1.807, 2.05) is 5.38 Å². The van der Waals surface area contributed by atoms with Crippen molar-refractivity contribution < 1.29 is 4.74 Å². The van der Waals surface area contributed by atoms with E-state index in [4.69, 9.17) is 16.3 Å². The van der Waals surface area contributed by atoms with E-state index in [0.29, 0.717) is 29.2 Å². The number of nitrogens with zero attached hydrogens (tertiary/aromatic N) is 3. The molecular weight excluding hydrogens is 272 g/mol. The van der Waals surface area contributed by atoms with Crippen LogP contribution < -0.4 is 10.1 Å². The van der Waals surface area contributed by atoms with Crippen LogP contribution in [0.3, 0.4) is 0 Å². The van der Waals surface area contributed by atoms with Gasteiger partial charge in [-0.15, -0.1) is 11.3 Å². The number of anilines is 1. The van der Waals surface area contributed by atoms with Gasteiger partial charge in [0.2, 0.25) is 0 Å². The van der Waals surface area contributed by atoms with Crippen LogP contribution in [0, 0.1) is 0 Å². The van der Waals surface area contributed by atoms with Crippen LogP contribution in [0.25, 0.3) is 0 Å². The first-order chi connectivity index (χ1) is 8.72. The highest BCUT2D eigenvalue weighted by Gasteiger charge is 2.13. The van der Waals surface area contributed by atoms with Gasteiger partial charge >= 0.3 is 0 Å². The zero-order chi connectivity index (χ0) is 13.0. The predicted molar refractivity (Wildman–Crippen MR) is 72.6 cm³/mol. The Morgan fingerprint density at radius 2 is 2.28 bits per heavy atom. The minimum atomic E-state index is 0.295. The molecule has 1 N–H and O–H groups in total. The first-order valence-electron chi connectivity index (χ1n) is 5.40. The Morgan fingerprint density at radius 3 is 2.94 bits per heavy atom. The third-order valence-electron chi connectivity index (χ3n) is 2.41. The lowest BCUT2D eigenvalue weighted by Crippen LogP contribution is -2.11. The molecule has 0 aliphatic carbocycles. The van der Waals surface area contributed by atoms with Gasteiger partial charge in [-0.05, 0) is 0 Å². The Labute approximate surface area is 114 Å². The Morgan fingerprint density at radius 1 is 1.44 bits per heavy atom. The molecule has 0 bridgehead atoms. The van der Waals surface area contributed by atoms with Gasteiger partial charge in [0.05, 0.1) is 12.1 Å². The average Bonchev–Trinajstić information content (AvgIpc) is 2.90. The smallest absolute Gasteiger partial charge is 0.198 e. The predicted octanol–water partition coefficient (Wildman–Crippen LogP) is 2.81. The molecular formula is C11H13ClN4OS. The number of hydrogen-bond donors (Lipinski definition) is 1. The van der Waals surface area contributed by atoms with Gasteiger partial charge in [-0.3, -0.25) is 0 Å². The maximum absolute atomic E-state index is 5.92. The average molecular weight is 285 g/mol. The minimum absolute atomic E-state index is 0.295. The number of halogens is 1. The number of rotatable bonds is 5. The number of nitrogens with one attached hydrogen (secondary N) is 1. The number of thiazole rings is 1. The second-order valence-corrected chi connectivity index (χ2v) is 4.98. The molecule has 0 radical (unpaired) electrons. The third kappa shape index (κ3) is 2.88. The molecule has 0 aliphatic rings. The molecule has 0 aliphatic heterocycles. The fourth-order valence-electron chi connectivity index (χ4n) is 1.47. The molecule has 1 unspecified atom stereocenters. The molecule has 0 fully saturated rings. The monoisotopic (exact) mass is 284 g/mol. The van der Waals surface area contributed by atoms with Gasteiger partial charge in [-0.1, -0.05) is 18.5 Å². The lowest BCUT2D eigenvalue weighted by molar-refractivity contribution is 0.413. The van der Waals surface area contributed by atoms with Gasteiger partial charge in [0.25, 0.3) is 0 Å². The number of ether oxygens (including phenoxy) is 1.